The summed E-state index contributed by atoms with van der Waals surface area (Å²) < 4.78 is 28.0. The number of hydrogen-bond donors (Lipinski definition) is 1. The van der Waals surface area contributed by atoms with Crippen LogP contribution < -0.4 is 5.32 Å². The van der Waals surface area contributed by atoms with Crippen LogP contribution in [0.3, 0.4) is 0 Å². The molecule has 1 saturated heterocycles. The number of sulfonamides is 1. The standard InChI is InChI=1S/C20H23N5O3S/c1-2-13-29(27,28)25-12-3-5-18(25)19(26)22-16-8-6-15(7-9-16)17-14-24-11-4-10-21-20(24)23-17/h4,6-11,14,18H,2-3,5,12-13H2,1H3,(H,22,26). The number of hydrogen-bond acceptors (Lipinski definition) is 5. The predicted molar refractivity (Wildman–Crippen MR) is 111 cm³/mol. The van der Waals surface area contributed by atoms with Crippen LogP contribution in [-0.4, -0.2) is 51.3 Å². The first-order valence-electron chi connectivity index (χ1n) is 9.68. The molecule has 3 aromatic rings. The highest BCUT2D eigenvalue weighted by Crippen LogP contribution is 2.25. The predicted octanol–water partition coefficient (Wildman–Crippen LogP) is 2.54. The highest BCUT2D eigenvalue weighted by Gasteiger charge is 2.38. The van der Waals surface area contributed by atoms with Crippen molar-refractivity contribution < 1.29 is 13.2 Å². The number of nitrogens with one attached hydrogen (secondary N) is 1. The fourth-order valence-corrected chi connectivity index (χ4v) is 5.38. The van der Waals surface area contributed by atoms with E-state index < -0.39 is 16.1 Å². The molecule has 3 heterocycles. The molecule has 1 fully saturated rings. The van der Waals surface area contributed by atoms with Crippen molar-refractivity contribution in [3.63, 3.8) is 0 Å². The van der Waals surface area contributed by atoms with Gasteiger partial charge in [-0.25, -0.2) is 18.4 Å². The third-order valence-electron chi connectivity index (χ3n) is 5.01. The van der Waals surface area contributed by atoms with E-state index in [9.17, 15) is 13.2 Å². The molecule has 1 atom stereocenters. The van der Waals surface area contributed by atoms with Crippen LogP contribution in [-0.2, 0) is 14.8 Å². The van der Waals surface area contributed by atoms with Crippen LogP contribution >= 0.6 is 0 Å². The minimum atomic E-state index is -3.40. The van der Waals surface area contributed by atoms with E-state index in [2.05, 4.69) is 15.3 Å². The smallest absolute Gasteiger partial charge is 0.242 e. The van der Waals surface area contributed by atoms with Crippen LogP contribution in [0.4, 0.5) is 5.69 Å². The number of anilines is 1. The highest BCUT2D eigenvalue weighted by molar-refractivity contribution is 7.89. The molecule has 0 saturated carbocycles. The molecule has 4 rings (SSSR count). The van der Waals surface area contributed by atoms with Gasteiger partial charge in [0.2, 0.25) is 21.7 Å². The lowest BCUT2D eigenvalue weighted by Gasteiger charge is -2.23. The number of benzene rings is 1. The van der Waals surface area contributed by atoms with Gasteiger partial charge < -0.3 is 5.32 Å². The number of imidazole rings is 1. The molecule has 1 aromatic carbocycles. The number of carbonyl (C=O) groups excluding carboxylic acids is 1. The van der Waals surface area contributed by atoms with Crippen molar-refractivity contribution in [1.29, 1.82) is 0 Å². The summed E-state index contributed by atoms with van der Waals surface area (Å²) in [5, 5.41) is 2.85. The molecule has 0 aliphatic carbocycles. The molecule has 1 aliphatic heterocycles. The monoisotopic (exact) mass is 413 g/mol. The van der Waals surface area contributed by atoms with Crippen molar-refractivity contribution in [3.8, 4) is 11.3 Å². The number of carbonyl (C=O) groups is 1. The molecule has 0 spiro atoms. The first-order chi connectivity index (χ1) is 14.0. The molecule has 1 aliphatic rings. The van der Waals surface area contributed by atoms with E-state index >= 15 is 0 Å². The molecule has 152 valence electrons. The van der Waals surface area contributed by atoms with Gasteiger partial charge in [-0.1, -0.05) is 19.1 Å². The van der Waals surface area contributed by atoms with Crippen LogP contribution in [0.5, 0.6) is 0 Å². The summed E-state index contributed by atoms with van der Waals surface area (Å²) in [5.41, 5.74) is 2.32. The maximum Gasteiger partial charge on any atom is 0.242 e. The van der Waals surface area contributed by atoms with Gasteiger partial charge in [-0.3, -0.25) is 9.20 Å². The minimum absolute atomic E-state index is 0.0688. The third kappa shape index (κ3) is 4.01. The zero-order valence-corrected chi connectivity index (χ0v) is 17.0. The lowest BCUT2D eigenvalue weighted by molar-refractivity contribution is -0.119. The second-order valence-electron chi connectivity index (χ2n) is 7.10. The van der Waals surface area contributed by atoms with Crippen molar-refractivity contribution in [2.75, 3.05) is 17.6 Å². The number of nitrogens with zero attached hydrogens (tertiary/aromatic N) is 4. The number of rotatable bonds is 6. The Morgan fingerprint density at radius 1 is 1.28 bits per heavy atom. The van der Waals surface area contributed by atoms with E-state index in [4.69, 9.17) is 0 Å². The molecular weight excluding hydrogens is 390 g/mol. The molecule has 0 bridgehead atoms. The van der Waals surface area contributed by atoms with Crippen LogP contribution in [0.1, 0.15) is 26.2 Å². The normalized spacial score (nSPS) is 17.6. The van der Waals surface area contributed by atoms with Gasteiger partial charge in [-0.05, 0) is 37.5 Å². The van der Waals surface area contributed by atoms with Crippen molar-refractivity contribution in [1.82, 2.24) is 18.7 Å². The average Bonchev–Trinajstić information content (AvgIpc) is 3.36. The summed E-state index contributed by atoms with van der Waals surface area (Å²) in [6.07, 6.45) is 7.24. The first-order valence-corrected chi connectivity index (χ1v) is 11.3. The Balaban J connectivity index is 1.47. The molecule has 1 unspecified atom stereocenters. The largest absolute Gasteiger partial charge is 0.325 e. The minimum Gasteiger partial charge on any atom is -0.325 e. The van der Waals surface area contributed by atoms with E-state index in [1.165, 1.54) is 4.31 Å². The quantitative estimate of drug-likeness (QED) is 0.670. The molecule has 0 radical (unpaired) electrons. The van der Waals surface area contributed by atoms with Gasteiger partial charge in [0.15, 0.2) is 0 Å². The molecule has 1 N–H and O–H groups in total. The van der Waals surface area contributed by atoms with Gasteiger partial charge in [0, 0.05) is 36.4 Å². The summed E-state index contributed by atoms with van der Waals surface area (Å²) in [4.78, 5) is 21.4. The second-order valence-corrected chi connectivity index (χ2v) is 9.15. The molecular formula is C20H23N5O3S. The van der Waals surface area contributed by atoms with E-state index in [1.807, 2.05) is 41.9 Å². The van der Waals surface area contributed by atoms with Gasteiger partial charge in [0.25, 0.3) is 0 Å². The average molecular weight is 414 g/mol. The molecule has 1 amide bonds. The number of amides is 1. The second kappa shape index (κ2) is 7.92. The Kier molecular flexibility index (Phi) is 5.33. The number of fused-ring (bicyclic) bond motifs is 1. The Morgan fingerprint density at radius 3 is 2.79 bits per heavy atom. The van der Waals surface area contributed by atoms with Crippen LogP contribution in [0.2, 0.25) is 0 Å². The lowest BCUT2D eigenvalue weighted by Crippen LogP contribution is -2.44. The van der Waals surface area contributed by atoms with Crippen molar-refractivity contribution in [2.24, 2.45) is 0 Å². The van der Waals surface area contributed by atoms with Gasteiger partial charge in [0.1, 0.15) is 6.04 Å². The zero-order chi connectivity index (χ0) is 20.4. The topological polar surface area (TPSA) is 96.7 Å². The Bertz CT molecular complexity index is 1090. The summed E-state index contributed by atoms with van der Waals surface area (Å²) in [6.45, 7) is 2.23. The Hall–Kier alpha value is -2.78. The molecule has 2 aromatic heterocycles. The Labute approximate surface area is 169 Å². The van der Waals surface area contributed by atoms with Crippen molar-refractivity contribution in [3.05, 3.63) is 48.9 Å². The van der Waals surface area contributed by atoms with E-state index in [0.717, 1.165) is 11.3 Å². The van der Waals surface area contributed by atoms with Crippen LogP contribution in [0, 0.1) is 0 Å². The van der Waals surface area contributed by atoms with Gasteiger partial charge in [0.05, 0.1) is 11.4 Å². The summed E-state index contributed by atoms with van der Waals surface area (Å²) in [6, 6.07) is 8.53. The lowest BCUT2D eigenvalue weighted by atomic mass is 10.1. The van der Waals surface area contributed by atoms with Crippen molar-refractivity contribution in [2.45, 2.75) is 32.2 Å². The molecule has 9 heteroatoms. The van der Waals surface area contributed by atoms with Gasteiger partial charge in [-0.15, -0.1) is 0 Å². The van der Waals surface area contributed by atoms with Crippen LogP contribution in [0.25, 0.3) is 17.0 Å². The Morgan fingerprint density at radius 2 is 2.07 bits per heavy atom. The van der Waals surface area contributed by atoms with E-state index in [1.54, 1.807) is 18.3 Å². The molecule has 29 heavy (non-hydrogen) atoms. The summed E-state index contributed by atoms with van der Waals surface area (Å²) in [5.74, 6) is 0.403. The SMILES string of the molecule is CCCS(=O)(=O)N1CCCC1C(=O)Nc1ccc(-c2cn3cccnc3n2)cc1. The van der Waals surface area contributed by atoms with Gasteiger partial charge in [-0.2, -0.15) is 4.31 Å². The zero-order valence-electron chi connectivity index (χ0n) is 16.2. The fourth-order valence-electron chi connectivity index (χ4n) is 3.63. The van der Waals surface area contributed by atoms with Crippen molar-refractivity contribution >= 4 is 27.4 Å². The summed E-state index contributed by atoms with van der Waals surface area (Å²) in [7, 11) is -3.40. The maximum absolute atomic E-state index is 12.7. The fraction of sp³-hybridized carbons (Fsp3) is 0.350. The first kappa shape index (κ1) is 19.5. The van der Waals surface area contributed by atoms with Gasteiger partial charge >= 0.3 is 0 Å². The highest BCUT2D eigenvalue weighted by atomic mass is 32.2. The van der Waals surface area contributed by atoms with Crippen LogP contribution in [0.15, 0.2) is 48.9 Å². The third-order valence-corrected chi connectivity index (χ3v) is 7.09. The number of aromatic nitrogens is 3. The van der Waals surface area contributed by atoms with E-state index in [-0.39, 0.29) is 11.7 Å². The molecule has 8 nitrogen and oxygen atoms in total. The van der Waals surface area contributed by atoms with E-state index in [0.29, 0.717) is 37.3 Å². The maximum atomic E-state index is 12.7. The summed E-state index contributed by atoms with van der Waals surface area (Å²) >= 11 is 0.